The summed E-state index contributed by atoms with van der Waals surface area (Å²) in [5.41, 5.74) is 0.298. The van der Waals surface area contributed by atoms with Crippen molar-refractivity contribution >= 4 is 23.5 Å². The highest BCUT2D eigenvalue weighted by molar-refractivity contribution is 6.19. The van der Waals surface area contributed by atoms with Gasteiger partial charge in [0.15, 0.2) is 0 Å². The first-order valence-corrected chi connectivity index (χ1v) is 5.79. The van der Waals surface area contributed by atoms with Crippen molar-refractivity contribution < 1.29 is 9.59 Å². The van der Waals surface area contributed by atoms with Gasteiger partial charge in [-0.2, -0.15) is 0 Å². The van der Waals surface area contributed by atoms with E-state index in [-0.39, 0.29) is 18.2 Å². The average Bonchev–Trinajstić information content (AvgIpc) is 2.96. The third kappa shape index (κ3) is 4.08. The van der Waals surface area contributed by atoms with Gasteiger partial charge in [-0.05, 0) is 24.7 Å². The fourth-order valence-corrected chi connectivity index (χ4v) is 1.59. The lowest BCUT2D eigenvalue weighted by Crippen LogP contribution is -2.41. The van der Waals surface area contributed by atoms with E-state index in [0.29, 0.717) is 12.0 Å². The maximum Gasteiger partial charge on any atom is 0.321 e. The summed E-state index contributed by atoms with van der Waals surface area (Å²) >= 11 is 5.37. The molecule has 15 heavy (non-hydrogen) atoms. The Kier molecular flexibility index (Phi) is 4.39. The fourth-order valence-electron chi connectivity index (χ4n) is 1.42. The van der Waals surface area contributed by atoms with Gasteiger partial charge >= 0.3 is 6.03 Å². The molecule has 0 spiro atoms. The molecule has 5 heteroatoms. The molecule has 2 N–H and O–H groups in total. The standard InChI is InChI=1S/C10H17ClN2O2/c1-2-10(4-5-10)7-12-9(15)13-8(14)3-6-11/h2-7H2,1H3,(H2,12,13,14,15). The van der Waals surface area contributed by atoms with E-state index in [1.807, 2.05) is 0 Å². The van der Waals surface area contributed by atoms with Gasteiger partial charge in [0, 0.05) is 18.8 Å². The molecule has 0 saturated heterocycles. The van der Waals surface area contributed by atoms with Gasteiger partial charge in [-0.15, -0.1) is 11.6 Å². The normalized spacial score (nSPS) is 16.9. The van der Waals surface area contributed by atoms with E-state index in [4.69, 9.17) is 11.6 Å². The lowest BCUT2D eigenvalue weighted by atomic mass is 10.0. The average molecular weight is 233 g/mol. The van der Waals surface area contributed by atoms with Crippen LogP contribution in [-0.2, 0) is 4.79 Å². The number of carbonyl (C=O) groups is 2. The molecular formula is C10H17ClN2O2. The molecular weight excluding hydrogens is 216 g/mol. The quantitative estimate of drug-likeness (QED) is 0.708. The van der Waals surface area contributed by atoms with Crippen LogP contribution in [0.25, 0.3) is 0 Å². The van der Waals surface area contributed by atoms with Crippen molar-refractivity contribution in [2.75, 3.05) is 12.4 Å². The first-order valence-electron chi connectivity index (χ1n) is 5.25. The highest BCUT2D eigenvalue weighted by Crippen LogP contribution is 2.47. The van der Waals surface area contributed by atoms with E-state index < -0.39 is 6.03 Å². The number of alkyl halides is 1. The topological polar surface area (TPSA) is 58.2 Å². The van der Waals surface area contributed by atoms with Gasteiger partial charge < -0.3 is 5.32 Å². The van der Waals surface area contributed by atoms with Crippen molar-refractivity contribution in [1.29, 1.82) is 0 Å². The summed E-state index contributed by atoms with van der Waals surface area (Å²) in [6.45, 7) is 2.77. The van der Waals surface area contributed by atoms with Gasteiger partial charge in [-0.3, -0.25) is 10.1 Å². The third-order valence-electron chi connectivity index (χ3n) is 2.91. The molecule has 0 unspecified atom stereocenters. The summed E-state index contributed by atoms with van der Waals surface area (Å²) in [6.07, 6.45) is 3.58. The first kappa shape index (κ1) is 12.3. The zero-order chi connectivity index (χ0) is 11.3. The molecule has 0 aliphatic heterocycles. The van der Waals surface area contributed by atoms with E-state index in [0.717, 1.165) is 6.42 Å². The molecule has 1 saturated carbocycles. The molecule has 0 radical (unpaired) electrons. The molecule has 86 valence electrons. The van der Waals surface area contributed by atoms with Gasteiger partial charge in [0.25, 0.3) is 0 Å². The summed E-state index contributed by atoms with van der Waals surface area (Å²) in [6, 6.07) is -0.412. The minimum absolute atomic E-state index is 0.175. The van der Waals surface area contributed by atoms with E-state index in [1.165, 1.54) is 12.8 Å². The molecule has 1 rings (SSSR count). The Bertz CT molecular complexity index is 252. The Balaban J connectivity index is 2.16. The molecule has 0 heterocycles. The van der Waals surface area contributed by atoms with Crippen LogP contribution < -0.4 is 10.6 Å². The molecule has 1 aliphatic carbocycles. The maximum atomic E-state index is 11.2. The van der Waals surface area contributed by atoms with Gasteiger partial charge in [0.05, 0.1) is 0 Å². The van der Waals surface area contributed by atoms with Gasteiger partial charge in [0.2, 0.25) is 5.91 Å². The minimum atomic E-state index is -0.412. The summed E-state index contributed by atoms with van der Waals surface area (Å²) < 4.78 is 0. The van der Waals surface area contributed by atoms with Crippen molar-refractivity contribution in [1.82, 2.24) is 10.6 Å². The van der Waals surface area contributed by atoms with Crippen LogP contribution in [0.3, 0.4) is 0 Å². The molecule has 0 bridgehead atoms. The second-order valence-electron chi connectivity index (χ2n) is 4.02. The molecule has 1 fully saturated rings. The van der Waals surface area contributed by atoms with Crippen LogP contribution in [0.4, 0.5) is 4.79 Å². The van der Waals surface area contributed by atoms with Crippen LogP contribution in [0.15, 0.2) is 0 Å². The largest absolute Gasteiger partial charge is 0.337 e. The van der Waals surface area contributed by atoms with Crippen molar-refractivity contribution in [2.45, 2.75) is 32.6 Å². The molecule has 0 aromatic rings. The Labute approximate surface area is 94.7 Å². The molecule has 0 aromatic carbocycles. The Morgan fingerprint density at radius 2 is 2.07 bits per heavy atom. The second-order valence-corrected chi connectivity index (χ2v) is 4.40. The number of imide groups is 1. The van der Waals surface area contributed by atoms with E-state index in [2.05, 4.69) is 17.6 Å². The molecule has 0 aromatic heterocycles. The summed E-state index contributed by atoms with van der Waals surface area (Å²) in [4.78, 5) is 22.2. The molecule has 3 amide bonds. The molecule has 1 aliphatic rings. The Morgan fingerprint density at radius 3 is 2.53 bits per heavy atom. The zero-order valence-electron chi connectivity index (χ0n) is 8.94. The zero-order valence-corrected chi connectivity index (χ0v) is 9.69. The van der Waals surface area contributed by atoms with Crippen molar-refractivity contribution in [3.8, 4) is 0 Å². The highest BCUT2D eigenvalue weighted by Gasteiger charge is 2.40. The number of rotatable bonds is 5. The van der Waals surface area contributed by atoms with Crippen LogP contribution in [-0.4, -0.2) is 24.4 Å². The van der Waals surface area contributed by atoms with Crippen LogP contribution in [0.2, 0.25) is 0 Å². The number of urea groups is 1. The predicted octanol–water partition coefficient (Wildman–Crippen LogP) is 1.63. The number of halogens is 1. The lowest BCUT2D eigenvalue weighted by Gasteiger charge is -2.13. The van der Waals surface area contributed by atoms with E-state index in [1.54, 1.807) is 0 Å². The Morgan fingerprint density at radius 1 is 1.40 bits per heavy atom. The minimum Gasteiger partial charge on any atom is -0.337 e. The Hall–Kier alpha value is -0.770. The first-order chi connectivity index (χ1) is 7.12. The predicted molar refractivity (Wildman–Crippen MR) is 58.8 cm³/mol. The van der Waals surface area contributed by atoms with Crippen molar-refractivity contribution in [3.05, 3.63) is 0 Å². The third-order valence-corrected chi connectivity index (χ3v) is 3.09. The van der Waals surface area contributed by atoms with Crippen molar-refractivity contribution in [3.63, 3.8) is 0 Å². The van der Waals surface area contributed by atoms with Crippen molar-refractivity contribution in [2.24, 2.45) is 5.41 Å². The van der Waals surface area contributed by atoms with Crippen LogP contribution in [0.1, 0.15) is 32.6 Å². The number of hydrogen-bond acceptors (Lipinski definition) is 2. The van der Waals surface area contributed by atoms with Gasteiger partial charge in [0.1, 0.15) is 0 Å². The van der Waals surface area contributed by atoms with Crippen LogP contribution in [0.5, 0.6) is 0 Å². The number of nitrogens with one attached hydrogen (secondary N) is 2. The number of amides is 3. The number of hydrogen-bond donors (Lipinski definition) is 2. The fraction of sp³-hybridized carbons (Fsp3) is 0.800. The smallest absolute Gasteiger partial charge is 0.321 e. The summed E-state index contributed by atoms with van der Waals surface area (Å²) in [5.74, 6) is -0.0956. The van der Waals surface area contributed by atoms with Crippen LogP contribution >= 0.6 is 11.6 Å². The van der Waals surface area contributed by atoms with Crippen LogP contribution in [0, 0.1) is 5.41 Å². The summed E-state index contributed by atoms with van der Waals surface area (Å²) in [7, 11) is 0. The number of carbonyl (C=O) groups excluding carboxylic acids is 2. The van der Waals surface area contributed by atoms with Gasteiger partial charge in [-0.1, -0.05) is 6.92 Å². The SMILES string of the molecule is CCC1(CNC(=O)NC(=O)CCCl)CC1. The maximum absolute atomic E-state index is 11.2. The van der Waals surface area contributed by atoms with E-state index in [9.17, 15) is 9.59 Å². The molecule has 0 atom stereocenters. The molecule has 4 nitrogen and oxygen atoms in total. The monoisotopic (exact) mass is 232 g/mol. The lowest BCUT2D eigenvalue weighted by molar-refractivity contribution is -0.119. The van der Waals surface area contributed by atoms with Gasteiger partial charge in [-0.25, -0.2) is 4.79 Å². The summed E-state index contributed by atoms with van der Waals surface area (Å²) in [5, 5.41) is 4.94. The highest BCUT2D eigenvalue weighted by atomic mass is 35.5. The van der Waals surface area contributed by atoms with E-state index >= 15 is 0 Å². The second kappa shape index (κ2) is 5.35.